The van der Waals surface area contributed by atoms with Crippen LogP contribution in [0.15, 0.2) is 71.8 Å². The molecule has 3 aromatic rings. The molecule has 2 atom stereocenters. The first-order valence-corrected chi connectivity index (χ1v) is 10.5. The summed E-state index contributed by atoms with van der Waals surface area (Å²) in [6.45, 7) is 2.84. The predicted octanol–water partition coefficient (Wildman–Crippen LogP) is 5.06. The molecule has 0 saturated heterocycles. The summed E-state index contributed by atoms with van der Waals surface area (Å²) in [5.74, 6) is 3.25. The van der Waals surface area contributed by atoms with Crippen molar-refractivity contribution in [2.45, 2.75) is 25.6 Å². The summed E-state index contributed by atoms with van der Waals surface area (Å²) in [4.78, 5) is 0. The fourth-order valence-electron chi connectivity index (χ4n) is 4.46. The van der Waals surface area contributed by atoms with Crippen molar-refractivity contribution in [2.24, 2.45) is 5.10 Å². The van der Waals surface area contributed by atoms with Crippen LogP contribution in [0, 0.1) is 0 Å². The first kappa shape index (κ1) is 18.1. The molecule has 0 bridgehead atoms. The Balaban J connectivity index is 1.44. The van der Waals surface area contributed by atoms with Crippen molar-refractivity contribution in [3.05, 3.63) is 83.4 Å². The molecule has 3 aliphatic heterocycles. The SMILES string of the molecule is CCOc1ccccc1[C@@H]1Oc2ccccc2[C@@H]2CC(c3ccc4c(c3)OCO4)=NN21. The van der Waals surface area contributed by atoms with Crippen LogP contribution >= 0.6 is 0 Å². The van der Waals surface area contributed by atoms with Gasteiger partial charge in [-0.05, 0) is 43.3 Å². The lowest BCUT2D eigenvalue weighted by Crippen LogP contribution is -2.34. The van der Waals surface area contributed by atoms with Gasteiger partial charge in [-0.15, -0.1) is 0 Å². The fraction of sp³-hybridized carbons (Fsp3) is 0.240. The smallest absolute Gasteiger partial charge is 0.231 e. The van der Waals surface area contributed by atoms with Gasteiger partial charge in [0.25, 0.3) is 0 Å². The summed E-state index contributed by atoms with van der Waals surface area (Å²) < 4.78 is 23.4. The van der Waals surface area contributed by atoms with Crippen molar-refractivity contribution < 1.29 is 18.9 Å². The molecule has 0 radical (unpaired) electrons. The Bertz CT molecular complexity index is 1180. The van der Waals surface area contributed by atoms with Crippen LogP contribution in [0.25, 0.3) is 0 Å². The summed E-state index contributed by atoms with van der Waals surface area (Å²) >= 11 is 0. The van der Waals surface area contributed by atoms with Crippen LogP contribution in [0.4, 0.5) is 0 Å². The Morgan fingerprint density at radius 1 is 0.935 bits per heavy atom. The lowest BCUT2D eigenvalue weighted by Gasteiger charge is -2.38. The molecule has 0 aromatic heterocycles. The van der Waals surface area contributed by atoms with Gasteiger partial charge < -0.3 is 18.9 Å². The van der Waals surface area contributed by atoms with Crippen LogP contribution in [-0.2, 0) is 0 Å². The highest BCUT2D eigenvalue weighted by molar-refractivity contribution is 6.02. The van der Waals surface area contributed by atoms with E-state index in [1.807, 2.05) is 61.5 Å². The molecule has 3 aliphatic rings. The highest BCUT2D eigenvalue weighted by Gasteiger charge is 2.42. The molecule has 0 amide bonds. The number of ether oxygens (including phenoxy) is 4. The van der Waals surface area contributed by atoms with Gasteiger partial charge in [-0.1, -0.05) is 30.3 Å². The molecule has 0 unspecified atom stereocenters. The number of benzene rings is 3. The Labute approximate surface area is 180 Å². The van der Waals surface area contributed by atoms with Gasteiger partial charge in [-0.25, -0.2) is 5.01 Å². The van der Waals surface area contributed by atoms with Gasteiger partial charge in [0.05, 0.1) is 23.9 Å². The zero-order valence-electron chi connectivity index (χ0n) is 17.2. The number of hydrogen-bond acceptors (Lipinski definition) is 6. The lowest BCUT2D eigenvalue weighted by molar-refractivity contribution is -0.0205. The van der Waals surface area contributed by atoms with E-state index < -0.39 is 0 Å². The monoisotopic (exact) mass is 414 g/mol. The van der Waals surface area contributed by atoms with Gasteiger partial charge in [0.15, 0.2) is 11.5 Å². The van der Waals surface area contributed by atoms with Crippen LogP contribution < -0.4 is 18.9 Å². The lowest BCUT2D eigenvalue weighted by atomic mass is 9.95. The van der Waals surface area contributed by atoms with E-state index in [4.69, 9.17) is 24.0 Å². The second-order valence-electron chi connectivity index (χ2n) is 7.69. The van der Waals surface area contributed by atoms with Crippen LogP contribution in [0.5, 0.6) is 23.0 Å². The highest BCUT2D eigenvalue weighted by atomic mass is 16.7. The molecular weight excluding hydrogens is 392 g/mol. The van der Waals surface area contributed by atoms with E-state index in [9.17, 15) is 0 Å². The minimum absolute atomic E-state index is 0.0880. The first-order chi connectivity index (χ1) is 15.3. The minimum Gasteiger partial charge on any atom is -0.493 e. The maximum absolute atomic E-state index is 6.47. The maximum Gasteiger partial charge on any atom is 0.231 e. The van der Waals surface area contributed by atoms with Crippen molar-refractivity contribution in [2.75, 3.05) is 13.4 Å². The second kappa shape index (κ2) is 7.23. The van der Waals surface area contributed by atoms with Crippen molar-refractivity contribution in [1.82, 2.24) is 5.01 Å². The Hall–Kier alpha value is -3.67. The van der Waals surface area contributed by atoms with Crippen molar-refractivity contribution in [3.63, 3.8) is 0 Å². The molecule has 0 fully saturated rings. The average molecular weight is 414 g/mol. The van der Waals surface area contributed by atoms with Crippen LogP contribution in [-0.4, -0.2) is 24.1 Å². The van der Waals surface area contributed by atoms with Gasteiger partial charge in [0.1, 0.15) is 11.5 Å². The van der Waals surface area contributed by atoms with Gasteiger partial charge >= 0.3 is 0 Å². The number of rotatable bonds is 4. The Morgan fingerprint density at radius 2 is 1.74 bits per heavy atom. The van der Waals surface area contributed by atoms with Gasteiger partial charge in [-0.3, -0.25) is 0 Å². The maximum atomic E-state index is 6.47. The van der Waals surface area contributed by atoms with E-state index in [2.05, 4.69) is 17.1 Å². The number of hydrogen-bond donors (Lipinski definition) is 0. The van der Waals surface area contributed by atoms with E-state index in [0.717, 1.165) is 51.8 Å². The number of fused-ring (bicyclic) bond motifs is 4. The summed E-state index contributed by atoms with van der Waals surface area (Å²) in [7, 11) is 0. The van der Waals surface area contributed by atoms with E-state index in [1.165, 1.54) is 0 Å². The Morgan fingerprint density at radius 3 is 2.65 bits per heavy atom. The number of para-hydroxylation sites is 2. The van der Waals surface area contributed by atoms with Crippen molar-refractivity contribution in [3.8, 4) is 23.0 Å². The molecule has 6 nitrogen and oxygen atoms in total. The number of nitrogens with zero attached hydrogens (tertiary/aromatic N) is 2. The van der Waals surface area contributed by atoms with Crippen molar-refractivity contribution >= 4 is 5.71 Å². The van der Waals surface area contributed by atoms with E-state index >= 15 is 0 Å². The fourth-order valence-corrected chi connectivity index (χ4v) is 4.46. The third-order valence-electron chi connectivity index (χ3n) is 5.89. The van der Waals surface area contributed by atoms with Crippen LogP contribution in [0.3, 0.4) is 0 Å². The molecule has 6 rings (SSSR count). The van der Waals surface area contributed by atoms with Gasteiger partial charge in [0.2, 0.25) is 13.0 Å². The molecule has 0 saturated carbocycles. The second-order valence-corrected chi connectivity index (χ2v) is 7.69. The van der Waals surface area contributed by atoms with Crippen LogP contribution in [0.1, 0.15) is 42.3 Å². The molecule has 0 aliphatic carbocycles. The third kappa shape index (κ3) is 2.98. The summed E-state index contributed by atoms with van der Waals surface area (Å²) in [6.07, 6.45) is 0.419. The summed E-state index contributed by atoms with van der Waals surface area (Å²) in [5.41, 5.74) is 4.15. The molecule has 3 aromatic carbocycles. The molecule has 3 heterocycles. The summed E-state index contributed by atoms with van der Waals surface area (Å²) in [6, 6.07) is 22.3. The predicted molar refractivity (Wildman–Crippen MR) is 116 cm³/mol. The Kier molecular flexibility index (Phi) is 4.23. The quantitative estimate of drug-likeness (QED) is 0.598. The minimum atomic E-state index is -0.367. The first-order valence-electron chi connectivity index (χ1n) is 10.5. The summed E-state index contributed by atoms with van der Waals surface area (Å²) in [5, 5.41) is 7.11. The van der Waals surface area contributed by atoms with E-state index in [-0.39, 0.29) is 19.1 Å². The highest BCUT2D eigenvalue weighted by Crippen LogP contribution is 2.49. The molecule has 6 heteroatoms. The van der Waals surface area contributed by atoms with E-state index in [0.29, 0.717) is 6.61 Å². The standard InChI is InChI=1S/C25H22N2O4/c1-2-28-21-9-5-4-8-18(21)25-27-20(17-7-3-6-10-22(17)31-25)14-19(26-27)16-11-12-23-24(13-16)30-15-29-23/h3-13,20,25H,2,14-15H2,1H3/t20-,25-/m0/s1. The van der Waals surface area contributed by atoms with Gasteiger partial charge in [-0.2, -0.15) is 5.10 Å². The zero-order valence-corrected chi connectivity index (χ0v) is 17.2. The molecule has 0 spiro atoms. The average Bonchev–Trinajstić information content (AvgIpc) is 3.46. The normalized spacial score (nSPS) is 20.5. The number of hydrazone groups is 1. The zero-order chi connectivity index (χ0) is 20.8. The van der Waals surface area contributed by atoms with Crippen molar-refractivity contribution in [1.29, 1.82) is 0 Å². The largest absolute Gasteiger partial charge is 0.493 e. The van der Waals surface area contributed by atoms with Gasteiger partial charge in [0, 0.05) is 17.5 Å². The molecule has 0 N–H and O–H groups in total. The third-order valence-corrected chi connectivity index (χ3v) is 5.89. The molecule has 31 heavy (non-hydrogen) atoms. The van der Waals surface area contributed by atoms with Crippen LogP contribution in [0.2, 0.25) is 0 Å². The molecule has 156 valence electrons. The topological polar surface area (TPSA) is 52.5 Å². The van der Waals surface area contributed by atoms with E-state index in [1.54, 1.807) is 0 Å². The molecular formula is C25H22N2O4.